The summed E-state index contributed by atoms with van der Waals surface area (Å²) in [5.74, 6) is 0.599. The number of thiophene rings is 1. The van der Waals surface area contributed by atoms with Gasteiger partial charge in [0.05, 0.1) is 11.1 Å². The Labute approximate surface area is 179 Å². The highest BCUT2D eigenvalue weighted by Crippen LogP contribution is 2.37. The molecule has 0 saturated heterocycles. The molecule has 2 aromatic carbocycles. The summed E-state index contributed by atoms with van der Waals surface area (Å²) in [7, 11) is 0. The fourth-order valence-electron chi connectivity index (χ4n) is 3.20. The van der Waals surface area contributed by atoms with Crippen LogP contribution < -0.4 is 14.8 Å². The molecule has 2 heterocycles. The van der Waals surface area contributed by atoms with Crippen molar-refractivity contribution in [2.24, 2.45) is 0 Å². The second kappa shape index (κ2) is 7.96. The van der Waals surface area contributed by atoms with Gasteiger partial charge in [0.2, 0.25) is 6.79 Å². The van der Waals surface area contributed by atoms with Crippen LogP contribution >= 0.6 is 11.3 Å². The van der Waals surface area contributed by atoms with Gasteiger partial charge in [-0.15, -0.1) is 11.3 Å². The molecule has 0 radical (unpaired) electrons. The van der Waals surface area contributed by atoms with Crippen molar-refractivity contribution in [3.63, 3.8) is 0 Å². The third-order valence-electron chi connectivity index (χ3n) is 4.84. The number of alkyl halides is 3. The van der Waals surface area contributed by atoms with E-state index in [2.05, 4.69) is 11.4 Å². The molecule has 0 fully saturated rings. The van der Waals surface area contributed by atoms with Gasteiger partial charge in [0.25, 0.3) is 5.91 Å². The van der Waals surface area contributed by atoms with Crippen LogP contribution in [0.15, 0.2) is 42.5 Å². The Bertz CT molecular complexity index is 1210. The van der Waals surface area contributed by atoms with Crippen LogP contribution in [0.5, 0.6) is 11.5 Å². The number of anilines is 1. The molecule has 0 bridgehead atoms. The van der Waals surface area contributed by atoms with Crippen molar-refractivity contribution in [1.82, 2.24) is 0 Å². The number of rotatable bonds is 4. The lowest BCUT2D eigenvalue weighted by Crippen LogP contribution is -2.13. The second-order valence-electron chi connectivity index (χ2n) is 6.86. The molecular formula is C22H15F3N2O3S. The number of ether oxygens (including phenoxy) is 2. The zero-order chi connectivity index (χ0) is 22.2. The first-order chi connectivity index (χ1) is 14.8. The predicted octanol–water partition coefficient (Wildman–Crippen LogP) is 5.52. The van der Waals surface area contributed by atoms with Gasteiger partial charge in [0, 0.05) is 16.9 Å². The minimum atomic E-state index is -4.55. The molecule has 1 amide bonds. The summed E-state index contributed by atoms with van der Waals surface area (Å²) in [5, 5.41) is 12.5. The first-order valence-corrected chi connectivity index (χ1v) is 9.97. The fraction of sp³-hybridized carbons (Fsp3) is 0.182. The first kappa shape index (κ1) is 20.8. The van der Waals surface area contributed by atoms with Gasteiger partial charge in [0.1, 0.15) is 11.1 Å². The Kier molecular flexibility index (Phi) is 5.33. The lowest BCUT2D eigenvalue weighted by Gasteiger charge is -2.08. The molecule has 0 saturated carbocycles. The third kappa shape index (κ3) is 4.20. The van der Waals surface area contributed by atoms with E-state index in [-0.39, 0.29) is 12.4 Å². The largest absolute Gasteiger partial charge is 0.454 e. The summed E-state index contributed by atoms with van der Waals surface area (Å²) in [4.78, 5) is 13.4. The van der Waals surface area contributed by atoms with E-state index in [0.717, 1.165) is 22.6 Å². The molecule has 31 heavy (non-hydrogen) atoms. The van der Waals surface area contributed by atoms with Crippen LogP contribution in [0, 0.1) is 18.3 Å². The molecule has 158 valence electrons. The van der Waals surface area contributed by atoms with Gasteiger partial charge in [-0.2, -0.15) is 18.4 Å². The zero-order valence-electron chi connectivity index (χ0n) is 16.2. The molecule has 0 spiro atoms. The van der Waals surface area contributed by atoms with Crippen LogP contribution in [0.3, 0.4) is 0 Å². The van der Waals surface area contributed by atoms with Crippen molar-refractivity contribution < 1.29 is 27.4 Å². The second-order valence-corrected chi connectivity index (χ2v) is 7.97. The maximum atomic E-state index is 12.9. The maximum absolute atomic E-state index is 12.9. The van der Waals surface area contributed by atoms with Gasteiger partial charge in [-0.1, -0.05) is 12.1 Å². The minimum Gasteiger partial charge on any atom is -0.454 e. The average Bonchev–Trinajstić information content (AvgIpc) is 3.31. The van der Waals surface area contributed by atoms with E-state index < -0.39 is 17.6 Å². The van der Waals surface area contributed by atoms with E-state index in [9.17, 15) is 23.2 Å². The topological polar surface area (TPSA) is 71.3 Å². The van der Waals surface area contributed by atoms with Gasteiger partial charge in [-0.25, -0.2) is 0 Å². The zero-order valence-corrected chi connectivity index (χ0v) is 17.0. The van der Waals surface area contributed by atoms with Gasteiger partial charge in [-0.3, -0.25) is 4.79 Å². The lowest BCUT2D eigenvalue weighted by molar-refractivity contribution is -0.137. The molecule has 1 N–H and O–H groups in total. The van der Waals surface area contributed by atoms with E-state index in [0.29, 0.717) is 34.0 Å². The lowest BCUT2D eigenvalue weighted by atomic mass is 10.1. The Morgan fingerprint density at radius 2 is 1.97 bits per heavy atom. The van der Waals surface area contributed by atoms with Crippen molar-refractivity contribution in [1.29, 1.82) is 5.26 Å². The molecule has 0 atom stereocenters. The Morgan fingerprint density at radius 1 is 1.19 bits per heavy atom. The van der Waals surface area contributed by atoms with Gasteiger partial charge in [0.15, 0.2) is 11.5 Å². The number of nitriles is 1. The number of nitrogens with one attached hydrogen (secondary N) is 1. The van der Waals surface area contributed by atoms with E-state index in [4.69, 9.17) is 9.47 Å². The van der Waals surface area contributed by atoms with Crippen LogP contribution in [0.2, 0.25) is 0 Å². The van der Waals surface area contributed by atoms with Crippen LogP contribution in [-0.2, 0) is 12.6 Å². The molecular weight excluding hydrogens is 429 g/mol. The van der Waals surface area contributed by atoms with E-state index >= 15 is 0 Å². The molecule has 1 aromatic heterocycles. The monoisotopic (exact) mass is 444 g/mol. The normalized spacial score (nSPS) is 12.5. The van der Waals surface area contributed by atoms with Crippen molar-refractivity contribution in [2.45, 2.75) is 19.5 Å². The van der Waals surface area contributed by atoms with Crippen molar-refractivity contribution in [2.75, 3.05) is 12.1 Å². The quantitative estimate of drug-likeness (QED) is 0.575. The predicted molar refractivity (Wildman–Crippen MR) is 109 cm³/mol. The van der Waals surface area contributed by atoms with Crippen molar-refractivity contribution in [3.05, 3.63) is 75.2 Å². The SMILES string of the molecule is Cc1c(Cc2ccc3c(c2)OCO3)sc(NC(=O)c2cccc(C(F)(F)F)c2)c1C#N. The smallest absolute Gasteiger partial charge is 0.416 e. The molecule has 0 unspecified atom stereocenters. The summed E-state index contributed by atoms with van der Waals surface area (Å²) < 4.78 is 49.5. The number of hydrogen-bond acceptors (Lipinski definition) is 5. The molecule has 0 aliphatic carbocycles. The molecule has 4 rings (SSSR count). The number of fused-ring (bicyclic) bond motifs is 1. The number of benzene rings is 2. The molecule has 1 aliphatic rings. The average molecular weight is 444 g/mol. The van der Waals surface area contributed by atoms with Crippen LogP contribution in [0.25, 0.3) is 0 Å². The Morgan fingerprint density at radius 3 is 2.71 bits per heavy atom. The summed E-state index contributed by atoms with van der Waals surface area (Å²) in [6.45, 7) is 1.94. The highest BCUT2D eigenvalue weighted by Gasteiger charge is 2.31. The number of nitrogens with zero attached hydrogens (tertiary/aromatic N) is 1. The maximum Gasteiger partial charge on any atom is 0.416 e. The summed E-state index contributed by atoms with van der Waals surface area (Å²) in [6.07, 6.45) is -4.05. The number of amides is 1. The first-order valence-electron chi connectivity index (χ1n) is 9.16. The van der Waals surface area contributed by atoms with Gasteiger partial charge < -0.3 is 14.8 Å². The van der Waals surface area contributed by atoms with Crippen LogP contribution in [0.1, 0.15) is 37.5 Å². The molecule has 3 aromatic rings. The summed E-state index contributed by atoms with van der Waals surface area (Å²) in [6, 6.07) is 11.8. The van der Waals surface area contributed by atoms with E-state index in [1.807, 2.05) is 18.2 Å². The van der Waals surface area contributed by atoms with Crippen molar-refractivity contribution >= 4 is 22.2 Å². The highest BCUT2D eigenvalue weighted by molar-refractivity contribution is 7.16. The summed E-state index contributed by atoms with van der Waals surface area (Å²) >= 11 is 1.22. The third-order valence-corrected chi connectivity index (χ3v) is 6.05. The van der Waals surface area contributed by atoms with E-state index in [1.54, 1.807) is 6.92 Å². The number of hydrogen-bond donors (Lipinski definition) is 1. The molecule has 9 heteroatoms. The van der Waals surface area contributed by atoms with Gasteiger partial charge in [-0.05, 0) is 48.4 Å². The Hall–Kier alpha value is -3.51. The highest BCUT2D eigenvalue weighted by atomic mass is 32.1. The van der Waals surface area contributed by atoms with E-state index in [1.165, 1.54) is 23.5 Å². The van der Waals surface area contributed by atoms with Crippen molar-refractivity contribution in [3.8, 4) is 17.6 Å². The van der Waals surface area contributed by atoms with Crippen LogP contribution in [0.4, 0.5) is 18.2 Å². The minimum absolute atomic E-state index is 0.137. The standard InChI is InChI=1S/C22H15F3N2O3S/c1-12-16(10-26)21(27-20(28)14-3-2-4-15(9-14)22(23,24)25)31-19(12)8-13-5-6-17-18(7-13)30-11-29-17/h2-7,9H,8,11H2,1H3,(H,27,28). The Balaban J connectivity index is 1.58. The number of carbonyl (C=O) groups excluding carboxylic acids is 1. The fourth-order valence-corrected chi connectivity index (χ4v) is 4.39. The van der Waals surface area contributed by atoms with Gasteiger partial charge >= 0.3 is 6.18 Å². The number of halogens is 3. The summed E-state index contributed by atoms with van der Waals surface area (Å²) in [5.41, 5.74) is 0.896. The molecule has 1 aliphatic heterocycles. The number of carbonyl (C=O) groups is 1. The molecule has 5 nitrogen and oxygen atoms in total. The van der Waals surface area contributed by atoms with Crippen LogP contribution in [-0.4, -0.2) is 12.7 Å².